The summed E-state index contributed by atoms with van der Waals surface area (Å²) in [6.07, 6.45) is 4.88. The van der Waals surface area contributed by atoms with Crippen LogP contribution in [-0.2, 0) is 6.42 Å². The molecule has 1 aromatic heterocycles. The van der Waals surface area contributed by atoms with Gasteiger partial charge < -0.3 is 5.73 Å². The van der Waals surface area contributed by atoms with Gasteiger partial charge in [0.1, 0.15) is 5.15 Å². The summed E-state index contributed by atoms with van der Waals surface area (Å²) in [6.45, 7) is 0.746. The zero-order valence-electron chi connectivity index (χ0n) is 7.26. The zero-order chi connectivity index (χ0) is 9.68. The van der Waals surface area contributed by atoms with Crippen molar-refractivity contribution in [3.05, 3.63) is 27.5 Å². The molecule has 1 rings (SSSR count). The molecule has 4 heteroatoms. The van der Waals surface area contributed by atoms with Crippen LogP contribution in [0.25, 0.3) is 0 Å². The summed E-state index contributed by atoms with van der Waals surface area (Å²) >= 11 is 9.20. The SMILES string of the molecule is NCCCCc1cc(Cl)ncc1Br. The van der Waals surface area contributed by atoms with E-state index in [4.69, 9.17) is 17.3 Å². The molecule has 0 aliphatic rings. The average Bonchev–Trinajstić information content (AvgIpc) is 2.11. The summed E-state index contributed by atoms with van der Waals surface area (Å²) < 4.78 is 1.02. The van der Waals surface area contributed by atoms with Crippen LogP contribution in [-0.4, -0.2) is 11.5 Å². The van der Waals surface area contributed by atoms with Crippen LogP contribution in [0.3, 0.4) is 0 Å². The van der Waals surface area contributed by atoms with E-state index >= 15 is 0 Å². The highest BCUT2D eigenvalue weighted by Gasteiger charge is 2.01. The Labute approximate surface area is 91.6 Å². The minimum Gasteiger partial charge on any atom is -0.330 e. The van der Waals surface area contributed by atoms with E-state index in [0.717, 1.165) is 30.3 Å². The molecule has 0 radical (unpaired) electrons. The molecule has 72 valence electrons. The van der Waals surface area contributed by atoms with Gasteiger partial charge in [-0.2, -0.15) is 0 Å². The molecule has 0 atom stereocenters. The Morgan fingerprint density at radius 3 is 2.92 bits per heavy atom. The summed E-state index contributed by atoms with van der Waals surface area (Å²) in [5, 5.41) is 0.547. The van der Waals surface area contributed by atoms with Crippen molar-refractivity contribution in [3.8, 4) is 0 Å². The van der Waals surface area contributed by atoms with E-state index in [1.54, 1.807) is 6.20 Å². The van der Waals surface area contributed by atoms with Crippen LogP contribution in [0.2, 0.25) is 5.15 Å². The van der Waals surface area contributed by atoms with E-state index in [0.29, 0.717) is 5.15 Å². The van der Waals surface area contributed by atoms with Crippen LogP contribution in [0.5, 0.6) is 0 Å². The molecule has 0 saturated carbocycles. The van der Waals surface area contributed by atoms with Crippen molar-refractivity contribution in [1.82, 2.24) is 4.98 Å². The van der Waals surface area contributed by atoms with Crippen molar-refractivity contribution in [2.75, 3.05) is 6.54 Å². The van der Waals surface area contributed by atoms with Crippen molar-refractivity contribution < 1.29 is 0 Å². The van der Waals surface area contributed by atoms with Crippen molar-refractivity contribution in [3.63, 3.8) is 0 Å². The number of rotatable bonds is 4. The Morgan fingerprint density at radius 1 is 1.46 bits per heavy atom. The van der Waals surface area contributed by atoms with Crippen LogP contribution >= 0.6 is 27.5 Å². The maximum atomic E-state index is 5.77. The highest BCUT2D eigenvalue weighted by Crippen LogP contribution is 2.20. The summed E-state index contributed by atoms with van der Waals surface area (Å²) in [4.78, 5) is 3.96. The third-order valence-electron chi connectivity index (χ3n) is 1.80. The normalized spacial score (nSPS) is 10.4. The maximum absolute atomic E-state index is 5.77. The molecular weight excluding hydrogens is 251 g/mol. The van der Waals surface area contributed by atoms with E-state index in [1.165, 1.54) is 5.56 Å². The molecule has 0 unspecified atom stereocenters. The Kier molecular flexibility index (Phi) is 4.70. The third kappa shape index (κ3) is 3.63. The lowest BCUT2D eigenvalue weighted by Gasteiger charge is -2.03. The molecule has 0 spiro atoms. The summed E-state index contributed by atoms with van der Waals surface area (Å²) in [5.74, 6) is 0. The topological polar surface area (TPSA) is 38.9 Å². The summed E-state index contributed by atoms with van der Waals surface area (Å²) in [6, 6.07) is 1.89. The van der Waals surface area contributed by atoms with Gasteiger partial charge in [-0.1, -0.05) is 11.6 Å². The van der Waals surface area contributed by atoms with Gasteiger partial charge >= 0.3 is 0 Å². The number of nitrogens with zero attached hydrogens (tertiary/aromatic N) is 1. The fourth-order valence-corrected chi connectivity index (χ4v) is 1.70. The van der Waals surface area contributed by atoms with Gasteiger partial charge in [0, 0.05) is 10.7 Å². The van der Waals surface area contributed by atoms with Gasteiger partial charge in [0.25, 0.3) is 0 Å². The van der Waals surface area contributed by atoms with E-state index in [2.05, 4.69) is 20.9 Å². The lowest BCUT2D eigenvalue weighted by Crippen LogP contribution is -1.99. The minimum absolute atomic E-state index is 0.547. The number of unbranched alkanes of at least 4 members (excludes halogenated alkanes) is 1. The van der Waals surface area contributed by atoms with Gasteiger partial charge in [-0.3, -0.25) is 0 Å². The molecule has 0 aliphatic heterocycles. The Hall–Kier alpha value is -0.120. The lowest BCUT2D eigenvalue weighted by molar-refractivity contribution is 0.742. The smallest absolute Gasteiger partial charge is 0.129 e. The van der Waals surface area contributed by atoms with Crippen LogP contribution in [0, 0.1) is 0 Å². The molecule has 0 aromatic carbocycles. The quantitative estimate of drug-likeness (QED) is 0.670. The van der Waals surface area contributed by atoms with Gasteiger partial charge in [-0.25, -0.2) is 4.98 Å². The summed E-state index contributed by atoms with van der Waals surface area (Å²) in [7, 11) is 0. The second-order valence-corrected chi connectivity index (χ2v) is 4.09. The molecule has 0 amide bonds. The largest absolute Gasteiger partial charge is 0.330 e. The number of nitrogens with two attached hydrogens (primary N) is 1. The number of aryl methyl sites for hydroxylation is 1. The highest BCUT2D eigenvalue weighted by atomic mass is 79.9. The molecule has 0 fully saturated rings. The number of pyridine rings is 1. The number of hydrogen-bond acceptors (Lipinski definition) is 2. The fourth-order valence-electron chi connectivity index (χ4n) is 1.10. The first kappa shape index (κ1) is 11.0. The van der Waals surface area contributed by atoms with Crippen molar-refractivity contribution >= 4 is 27.5 Å². The molecule has 1 heterocycles. The Morgan fingerprint density at radius 2 is 2.23 bits per heavy atom. The van der Waals surface area contributed by atoms with E-state index in [-0.39, 0.29) is 0 Å². The van der Waals surface area contributed by atoms with Gasteiger partial charge in [-0.15, -0.1) is 0 Å². The predicted octanol–water partition coefficient (Wildman–Crippen LogP) is 2.78. The minimum atomic E-state index is 0.547. The molecule has 13 heavy (non-hydrogen) atoms. The zero-order valence-corrected chi connectivity index (χ0v) is 9.61. The molecule has 0 saturated heterocycles. The van der Waals surface area contributed by atoms with Crippen LogP contribution < -0.4 is 5.73 Å². The second-order valence-electron chi connectivity index (χ2n) is 2.84. The fraction of sp³-hybridized carbons (Fsp3) is 0.444. The van der Waals surface area contributed by atoms with Crippen molar-refractivity contribution in [2.24, 2.45) is 5.73 Å². The molecule has 0 aliphatic carbocycles. The monoisotopic (exact) mass is 262 g/mol. The highest BCUT2D eigenvalue weighted by molar-refractivity contribution is 9.10. The molecular formula is C9H12BrClN2. The van der Waals surface area contributed by atoms with Crippen LogP contribution in [0.15, 0.2) is 16.7 Å². The first-order valence-electron chi connectivity index (χ1n) is 4.24. The standard InChI is InChI=1S/C9H12BrClN2/c10-8-6-13-9(11)5-7(8)3-1-2-4-12/h5-6H,1-4,12H2. The van der Waals surface area contributed by atoms with Gasteiger partial charge in [-0.05, 0) is 53.4 Å². The van der Waals surface area contributed by atoms with Crippen LogP contribution in [0.4, 0.5) is 0 Å². The van der Waals surface area contributed by atoms with Gasteiger partial charge in [0.05, 0.1) is 0 Å². The molecule has 0 bridgehead atoms. The Balaban J connectivity index is 2.59. The van der Waals surface area contributed by atoms with E-state index in [9.17, 15) is 0 Å². The van der Waals surface area contributed by atoms with E-state index < -0.39 is 0 Å². The molecule has 1 aromatic rings. The number of aromatic nitrogens is 1. The van der Waals surface area contributed by atoms with Crippen molar-refractivity contribution in [2.45, 2.75) is 19.3 Å². The maximum Gasteiger partial charge on any atom is 0.129 e. The third-order valence-corrected chi connectivity index (χ3v) is 2.72. The summed E-state index contributed by atoms with van der Waals surface area (Å²) in [5.41, 5.74) is 6.61. The predicted molar refractivity (Wildman–Crippen MR) is 58.9 cm³/mol. The first-order chi connectivity index (χ1) is 6.24. The van der Waals surface area contributed by atoms with Gasteiger partial charge in [0.2, 0.25) is 0 Å². The average molecular weight is 264 g/mol. The lowest BCUT2D eigenvalue weighted by atomic mass is 10.1. The number of halogens is 2. The van der Waals surface area contributed by atoms with Gasteiger partial charge in [0.15, 0.2) is 0 Å². The van der Waals surface area contributed by atoms with Crippen molar-refractivity contribution in [1.29, 1.82) is 0 Å². The first-order valence-corrected chi connectivity index (χ1v) is 5.41. The molecule has 2 N–H and O–H groups in total. The van der Waals surface area contributed by atoms with Crippen LogP contribution in [0.1, 0.15) is 18.4 Å². The molecule has 2 nitrogen and oxygen atoms in total. The number of hydrogen-bond donors (Lipinski definition) is 1. The second kappa shape index (κ2) is 5.58. The Bertz CT molecular complexity index is 278. The van der Waals surface area contributed by atoms with E-state index in [1.807, 2.05) is 6.07 Å².